The number of hydrogen-bond donors (Lipinski definition) is 0. The van der Waals surface area contributed by atoms with Gasteiger partial charge in [-0.05, 0) is 0 Å². The fourth-order valence-corrected chi connectivity index (χ4v) is 0.987. The predicted molar refractivity (Wildman–Crippen MR) is 31.8 cm³/mol. The molecule has 1 rings (SSSR count). The molecule has 0 saturated carbocycles. The summed E-state index contributed by atoms with van der Waals surface area (Å²) in [7, 11) is 0. The summed E-state index contributed by atoms with van der Waals surface area (Å²) in [5, 5.41) is 0. The minimum absolute atomic E-state index is 0. The molecule has 0 aliphatic rings. The van der Waals surface area contributed by atoms with Gasteiger partial charge in [0.15, 0.2) is 0 Å². The van der Waals surface area contributed by atoms with E-state index in [1.807, 2.05) is 6.07 Å². The summed E-state index contributed by atoms with van der Waals surface area (Å²) in [5.41, 5.74) is 0. The van der Waals surface area contributed by atoms with Gasteiger partial charge in [0.2, 0.25) is 0 Å². The Morgan fingerprint density at radius 1 is 0.800 bits per heavy atom. The van der Waals surface area contributed by atoms with Crippen LogP contribution in [0.5, 0.6) is 0 Å². The van der Waals surface area contributed by atoms with E-state index < -0.39 is 0 Å². The summed E-state index contributed by atoms with van der Waals surface area (Å²) in [4.78, 5) is 0. The van der Waals surface area contributed by atoms with Gasteiger partial charge in [-0.25, -0.2) is 0 Å². The van der Waals surface area contributed by atoms with Gasteiger partial charge in [0.1, 0.15) is 0 Å². The Kier molecular flexibility index (Phi) is 18.3. The number of hydrogen-bond acceptors (Lipinski definition) is 0. The van der Waals surface area contributed by atoms with Gasteiger partial charge in [-0.15, -0.1) is 0 Å². The predicted octanol–water partition coefficient (Wildman–Crippen LogP) is -8.51. The van der Waals surface area contributed by atoms with Gasteiger partial charge in [-0.1, -0.05) is 0 Å². The average molecular weight is 436 g/mol. The third-order valence-electron chi connectivity index (χ3n) is 0.774. The molecule has 0 bridgehead atoms. The van der Waals surface area contributed by atoms with Crippen molar-refractivity contribution >= 4 is 26.1 Å². The molecule has 0 amide bonds. The SMILES string of the molecule is [Br-].[Br-].[Br-].[Sn+3][c]1ccccc1. The van der Waals surface area contributed by atoms with E-state index in [2.05, 4.69) is 24.3 Å². The minimum atomic E-state index is 0. The van der Waals surface area contributed by atoms with Crippen LogP contribution in [-0.2, 0) is 0 Å². The Morgan fingerprint density at radius 3 is 1.40 bits per heavy atom. The molecule has 0 fully saturated rings. The number of rotatable bonds is 0. The summed E-state index contributed by atoms with van der Waals surface area (Å²) in [6, 6.07) is 10.4. The number of halogens is 3. The zero-order chi connectivity index (χ0) is 5.11. The zero-order valence-corrected chi connectivity index (χ0v) is 12.6. The molecule has 0 aliphatic carbocycles. The molecule has 0 unspecified atom stereocenters. The second-order valence-electron chi connectivity index (χ2n) is 1.37. The van der Waals surface area contributed by atoms with Crippen molar-refractivity contribution < 1.29 is 50.9 Å². The van der Waals surface area contributed by atoms with Gasteiger partial charge < -0.3 is 50.9 Å². The van der Waals surface area contributed by atoms with Crippen molar-refractivity contribution in [1.82, 2.24) is 0 Å². The van der Waals surface area contributed by atoms with Crippen LogP contribution >= 0.6 is 0 Å². The first-order chi connectivity index (χ1) is 3.39. The number of benzene rings is 1. The van der Waals surface area contributed by atoms with Crippen LogP contribution in [0.15, 0.2) is 30.3 Å². The molecule has 54 valence electrons. The van der Waals surface area contributed by atoms with Gasteiger partial charge in [-0.3, -0.25) is 0 Å². The fraction of sp³-hybridized carbons (Fsp3) is 0. The molecule has 0 spiro atoms. The molecular weight excluding hydrogens is 430 g/mol. The fourth-order valence-electron chi connectivity index (χ4n) is 0.438. The third-order valence-corrected chi connectivity index (χ3v) is 1.73. The van der Waals surface area contributed by atoms with E-state index in [0.717, 1.165) is 0 Å². The van der Waals surface area contributed by atoms with Crippen molar-refractivity contribution in [3.63, 3.8) is 0 Å². The summed E-state index contributed by atoms with van der Waals surface area (Å²) < 4.78 is 1.41. The Morgan fingerprint density at radius 2 is 1.20 bits per heavy atom. The summed E-state index contributed by atoms with van der Waals surface area (Å²) >= 11 is 1.49. The Balaban J connectivity index is -0.000000163. The van der Waals surface area contributed by atoms with Crippen LogP contribution in [-0.4, -0.2) is 22.5 Å². The topological polar surface area (TPSA) is 0 Å². The molecule has 0 aromatic heterocycles. The first-order valence-electron chi connectivity index (χ1n) is 2.16. The van der Waals surface area contributed by atoms with E-state index in [9.17, 15) is 0 Å². The van der Waals surface area contributed by atoms with E-state index in [1.165, 1.54) is 26.1 Å². The van der Waals surface area contributed by atoms with Crippen molar-refractivity contribution in [2.24, 2.45) is 0 Å². The van der Waals surface area contributed by atoms with Gasteiger partial charge in [0.05, 0.1) is 0 Å². The van der Waals surface area contributed by atoms with E-state index in [-0.39, 0.29) is 50.9 Å². The average Bonchev–Trinajstić information content (AvgIpc) is 1.69. The first kappa shape index (κ1) is 17.5. The van der Waals surface area contributed by atoms with E-state index in [1.54, 1.807) is 0 Å². The quantitative estimate of drug-likeness (QED) is 0.355. The Labute approximate surface area is 106 Å². The monoisotopic (exact) mass is 434 g/mol. The molecule has 0 atom stereocenters. The second kappa shape index (κ2) is 10.5. The summed E-state index contributed by atoms with van der Waals surface area (Å²) in [6.07, 6.45) is 0. The standard InChI is InChI=1S/C6H5.3BrH.Sn/c1-2-4-6-5-3-1;;;;/h1-5H;3*1H;/q;;;;+3/p-3. The van der Waals surface area contributed by atoms with Crippen LogP contribution in [0.3, 0.4) is 0 Å². The maximum atomic E-state index is 2.12. The van der Waals surface area contributed by atoms with Gasteiger partial charge in [-0.2, -0.15) is 0 Å². The van der Waals surface area contributed by atoms with Crippen molar-refractivity contribution in [1.29, 1.82) is 0 Å². The van der Waals surface area contributed by atoms with Crippen LogP contribution < -0.4 is 54.5 Å². The molecule has 0 radical (unpaired) electrons. The van der Waals surface area contributed by atoms with Crippen LogP contribution in [0.4, 0.5) is 0 Å². The molecule has 0 aliphatic heterocycles. The Hall–Kier alpha value is 1.46. The van der Waals surface area contributed by atoms with Crippen LogP contribution in [0.1, 0.15) is 0 Å². The second-order valence-corrected chi connectivity index (χ2v) is 3.01. The van der Waals surface area contributed by atoms with Gasteiger partial charge in [0.25, 0.3) is 0 Å². The normalized spacial score (nSPS) is 6.20. The van der Waals surface area contributed by atoms with Crippen molar-refractivity contribution in [3.05, 3.63) is 30.3 Å². The van der Waals surface area contributed by atoms with Gasteiger partial charge in [0, 0.05) is 0 Å². The molecule has 4 heteroatoms. The summed E-state index contributed by atoms with van der Waals surface area (Å²) in [5.74, 6) is 0. The van der Waals surface area contributed by atoms with Crippen molar-refractivity contribution in [2.75, 3.05) is 0 Å². The molecule has 0 heterocycles. The maximum absolute atomic E-state index is 2.12. The Bertz CT molecular complexity index is 143. The zero-order valence-electron chi connectivity index (χ0n) is 5.02. The molecule has 0 nitrogen and oxygen atoms in total. The molecule has 1 aromatic rings. The molecule has 10 heavy (non-hydrogen) atoms. The van der Waals surface area contributed by atoms with Crippen LogP contribution in [0, 0.1) is 0 Å². The molecule has 0 N–H and O–H groups in total. The van der Waals surface area contributed by atoms with Crippen molar-refractivity contribution in [2.45, 2.75) is 0 Å². The van der Waals surface area contributed by atoms with E-state index in [4.69, 9.17) is 0 Å². The van der Waals surface area contributed by atoms with E-state index in [0.29, 0.717) is 0 Å². The molecular formula is C6H5Br3Sn. The van der Waals surface area contributed by atoms with Crippen LogP contribution in [0.25, 0.3) is 0 Å². The van der Waals surface area contributed by atoms with Gasteiger partial charge >= 0.3 is 56.4 Å². The van der Waals surface area contributed by atoms with Crippen molar-refractivity contribution in [3.8, 4) is 0 Å². The van der Waals surface area contributed by atoms with Crippen LogP contribution in [0.2, 0.25) is 0 Å². The summed E-state index contributed by atoms with van der Waals surface area (Å²) in [6.45, 7) is 0. The molecule has 0 saturated heterocycles. The van der Waals surface area contributed by atoms with E-state index >= 15 is 0 Å². The third kappa shape index (κ3) is 7.56. The molecule has 1 aromatic carbocycles. The first-order valence-corrected chi connectivity index (χ1v) is 3.59.